The van der Waals surface area contributed by atoms with Crippen LogP contribution in [0, 0.1) is 17.0 Å². The van der Waals surface area contributed by atoms with Gasteiger partial charge in [-0.2, -0.15) is 0 Å². The van der Waals surface area contributed by atoms with E-state index in [1.54, 1.807) is 51.1 Å². The van der Waals surface area contributed by atoms with Crippen molar-refractivity contribution in [2.24, 2.45) is 4.99 Å². The molecular weight excluding hydrogens is 522 g/mol. The van der Waals surface area contributed by atoms with Crippen molar-refractivity contribution in [3.05, 3.63) is 93.1 Å². The van der Waals surface area contributed by atoms with E-state index in [-0.39, 0.29) is 24.7 Å². The fourth-order valence-electron chi connectivity index (χ4n) is 4.28. The van der Waals surface area contributed by atoms with Gasteiger partial charge in [0, 0.05) is 17.7 Å². The normalized spacial score (nSPS) is 16.4. The van der Waals surface area contributed by atoms with Crippen molar-refractivity contribution in [1.29, 1.82) is 0 Å². The standard InChI is InChI=1S/C25H20ClN3O7S/c1-4-34-24(31)21-13(3)27-25-28(22(21)14-6-5-12(2)17(7-14)29(32)33)23(30)20(37-25)9-15-8-18-19(10-16(15)26)36-11-35-18/h5-10,22H,4,11H2,1-3H3/b20-9+/t22-/m0/s1. The quantitative estimate of drug-likeness (QED) is 0.275. The van der Waals surface area contributed by atoms with Crippen LogP contribution in [-0.2, 0) is 9.53 Å². The Morgan fingerprint density at radius 3 is 2.73 bits per heavy atom. The molecule has 0 saturated carbocycles. The van der Waals surface area contributed by atoms with E-state index in [9.17, 15) is 19.7 Å². The van der Waals surface area contributed by atoms with Gasteiger partial charge in [-0.3, -0.25) is 19.5 Å². The van der Waals surface area contributed by atoms with E-state index in [0.29, 0.717) is 48.2 Å². The molecule has 12 heteroatoms. The number of carbonyl (C=O) groups is 1. The van der Waals surface area contributed by atoms with Crippen LogP contribution in [0.25, 0.3) is 6.08 Å². The molecule has 0 radical (unpaired) electrons. The van der Waals surface area contributed by atoms with E-state index in [1.807, 2.05) is 0 Å². The highest BCUT2D eigenvalue weighted by Crippen LogP contribution is 2.37. The molecule has 0 spiro atoms. The number of esters is 1. The zero-order chi connectivity index (χ0) is 26.4. The lowest BCUT2D eigenvalue weighted by Gasteiger charge is -2.24. The first-order valence-corrected chi connectivity index (χ1v) is 12.4. The molecule has 3 heterocycles. The first-order chi connectivity index (χ1) is 17.7. The Bertz CT molecular complexity index is 1690. The molecule has 1 atom stereocenters. The van der Waals surface area contributed by atoms with E-state index < -0.39 is 22.5 Å². The van der Waals surface area contributed by atoms with Gasteiger partial charge in [-0.15, -0.1) is 0 Å². The van der Waals surface area contributed by atoms with E-state index in [1.165, 1.54) is 10.6 Å². The number of ether oxygens (including phenoxy) is 3. The summed E-state index contributed by atoms with van der Waals surface area (Å²) in [5.74, 6) is 0.373. The smallest absolute Gasteiger partial charge is 0.338 e. The van der Waals surface area contributed by atoms with Crippen molar-refractivity contribution in [3.8, 4) is 11.5 Å². The zero-order valence-corrected chi connectivity index (χ0v) is 21.5. The van der Waals surface area contributed by atoms with Crippen molar-refractivity contribution >= 4 is 40.7 Å². The molecule has 0 aliphatic carbocycles. The number of fused-ring (bicyclic) bond motifs is 2. The number of thiazole rings is 1. The molecule has 0 fully saturated rings. The van der Waals surface area contributed by atoms with E-state index in [0.717, 1.165) is 11.3 Å². The summed E-state index contributed by atoms with van der Waals surface area (Å²) in [4.78, 5) is 42.8. The van der Waals surface area contributed by atoms with Crippen LogP contribution < -0.4 is 24.4 Å². The second kappa shape index (κ2) is 9.49. The van der Waals surface area contributed by atoms with Gasteiger partial charge in [-0.1, -0.05) is 35.1 Å². The minimum Gasteiger partial charge on any atom is -0.463 e. The van der Waals surface area contributed by atoms with Crippen LogP contribution in [0.1, 0.15) is 36.6 Å². The molecule has 2 aliphatic heterocycles. The van der Waals surface area contributed by atoms with Crippen LogP contribution >= 0.6 is 22.9 Å². The predicted molar refractivity (Wildman–Crippen MR) is 136 cm³/mol. The van der Waals surface area contributed by atoms with Crippen molar-refractivity contribution in [1.82, 2.24) is 4.57 Å². The maximum absolute atomic E-state index is 13.7. The Kier molecular flexibility index (Phi) is 6.34. The van der Waals surface area contributed by atoms with Gasteiger partial charge < -0.3 is 14.2 Å². The third-order valence-electron chi connectivity index (χ3n) is 6.04. The topological polar surface area (TPSA) is 122 Å². The van der Waals surface area contributed by atoms with Crippen molar-refractivity contribution in [2.75, 3.05) is 13.4 Å². The summed E-state index contributed by atoms with van der Waals surface area (Å²) >= 11 is 7.54. The van der Waals surface area contributed by atoms with Gasteiger partial charge in [-0.05, 0) is 44.0 Å². The van der Waals surface area contributed by atoms with Gasteiger partial charge >= 0.3 is 5.97 Å². The average Bonchev–Trinajstić information content (AvgIpc) is 3.42. The molecule has 0 unspecified atom stereocenters. The van der Waals surface area contributed by atoms with Crippen LogP contribution in [-0.4, -0.2) is 28.9 Å². The lowest BCUT2D eigenvalue weighted by molar-refractivity contribution is -0.385. The average molecular weight is 542 g/mol. The molecule has 0 N–H and O–H groups in total. The molecule has 2 aliphatic rings. The maximum Gasteiger partial charge on any atom is 0.338 e. The number of hydrogen-bond acceptors (Lipinski definition) is 9. The molecule has 3 aromatic rings. The van der Waals surface area contributed by atoms with Gasteiger partial charge in [-0.25, -0.2) is 9.79 Å². The van der Waals surface area contributed by atoms with E-state index in [2.05, 4.69) is 4.99 Å². The van der Waals surface area contributed by atoms with Gasteiger partial charge in [0.1, 0.15) is 0 Å². The summed E-state index contributed by atoms with van der Waals surface area (Å²) in [5, 5.41) is 12.0. The molecule has 10 nitrogen and oxygen atoms in total. The highest BCUT2D eigenvalue weighted by Gasteiger charge is 2.34. The number of rotatable bonds is 5. The molecule has 0 bridgehead atoms. The second-order valence-electron chi connectivity index (χ2n) is 8.33. The van der Waals surface area contributed by atoms with E-state index in [4.69, 9.17) is 25.8 Å². The number of carbonyl (C=O) groups excluding carboxylic acids is 1. The Balaban J connectivity index is 1.74. The minimum atomic E-state index is -0.969. The number of hydrogen-bond donors (Lipinski definition) is 0. The number of allylic oxidation sites excluding steroid dienone is 1. The number of nitro benzene ring substituents is 1. The highest BCUT2D eigenvalue weighted by molar-refractivity contribution is 7.07. The van der Waals surface area contributed by atoms with Crippen LogP contribution in [0.5, 0.6) is 11.5 Å². The summed E-state index contributed by atoms with van der Waals surface area (Å²) in [6.45, 7) is 5.13. The summed E-state index contributed by atoms with van der Waals surface area (Å²) < 4.78 is 17.7. The van der Waals surface area contributed by atoms with Crippen molar-refractivity contribution in [3.63, 3.8) is 0 Å². The Morgan fingerprint density at radius 1 is 1.30 bits per heavy atom. The number of aryl methyl sites for hydroxylation is 1. The summed E-state index contributed by atoms with van der Waals surface area (Å²) in [7, 11) is 0. The van der Waals surface area contributed by atoms with Gasteiger partial charge in [0.25, 0.3) is 11.2 Å². The maximum atomic E-state index is 13.7. The molecule has 1 aromatic heterocycles. The lowest BCUT2D eigenvalue weighted by atomic mass is 9.94. The third kappa shape index (κ3) is 4.30. The van der Waals surface area contributed by atoms with Gasteiger partial charge in [0.2, 0.25) is 6.79 Å². The first kappa shape index (κ1) is 24.7. The molecule has 0 amide bonds. The van der Waals surface area contributed by atoms with Crippen LogP contribution in [0.3, 0.4) is 0 Å². The fourth-order valence-corrected chi connectivity index (χ4v) is 5.53. The van der Waals surface area contributed by atoms with Crippen LogP contribution in [0.15, 0.2) is 51.4 Å². The van der Waals surface area contributed by atoms with E-state index >= 15 is 0 Å². The molecule has 37 heavy (non-hydrogen) atoms. The number of nitro groups is 1. The molecule has 2 aromatic carbocycles. The Morgan fingerprint density at radius 2 is 2.03 bits per heavy atom. The second-order valence-corrected chi connectivity index (χ2v) is 9.75. The number of nitrogens with zero attached hydrogens (tertiary/aromatic N) is 3. The summed E-state index contributed by atoms with van der Waals surface area (Å²) in [5.41, 5.74) is 1.34. The van der Waals surface area contributed by atoms with Gasteiger partial charge in [0.05, 0.1) is 38.4 Å². The largest absolute Gasteiger partial charge is 0.463 e. The molecular formula is C25H20ClN3O7S. The van der Waals surface area contributed by atoms with Crippen molar-refractivity contribution in [2.45, 2.75) is 26.8 Å². The number of benzene rings is 2. The van der Waals surface area contributed by atoms with Gasteiger partial charge in [0.15, 0.2) is 16.3 Å². The van der Waals surface area contributed by atoms with Crippen molar-refractivity contribution < 1.29 is 23.9 Å². The highest BCUT2D eigenvalue weighted by atomic mass is 35.5. The number of halogens is 1. The zero-order valence-electron chi connectivity index (χ0n) is 19.9. The molecule has 0 saturated heterocycles. The fraction of sp³-hybridized carbons (Fsp3) is 0.240. The molecule has 5 rings (SSSR count). The molecule has 190 valence electrons. The summed E-state index contributed by atoms with van der Waals surface area (Å²) in [6, 6.07) is 6.96. The minimum absolute atomic E-state index is 0.0793. The Hall–Kier alpha value is -3.96. The van der Waals surface area contributed by atoms with Crippen LogP contribution in [0.4, 0.5) is 5.69 Å². The van der Waals surface area contributed by atoms with Crippen LogP contribution in [0.2, 0.25) is 5.02 Å². The first-order valence-electron chi connectivity index (χ1n) is 11.2. The Labute approximate surface area is 218 Å². The summed E-state index contributed by atoms with van der Waals surface area (Å²) in [6.07, 6.45) is 1.62. The lowest BCUT2D eigenvalue weighted by Crippen LogP contribution is -2.40. The third-order valence-corrected chi connectivity index (χ3v) is 7.35. The monoisotopic (exact) mass is 541 g/mol. The SMILES string of the molecule is CCOC(=O)C1=C(C)N=c2s/c(=C/c3cc4c(cc3Cl)OCO4)c(=O)n2[C@H]1c1ccc(C)c([N+](=O)[O-])c1. The number of aromatic nitrogens is 1. The predicted octanol–water partition coefficient (Wildman–Crippen LogP) is 3.40.